The molecule has 9 nitrogen and oxygen atoms in total. The van der Waals surface area contributed by atoms with Gasteiger partial charge in [0.25, 0.3) is 5.95 Å². The summed E-state index contributed by atoms with van der Waals surface area (Å²) in [6, 6.07) is 18.9. The van der Waals surface area contributed by atoms with Crippen LogP contribution in [0.4, 0.5) is 27.5 Å². The summed E-state index contributed by atoms with van der Waals surface area (Å²) in [5.74, 6) is 0.394. The number of phenols is 1. The molecule has 3 heterocycles. The zero-order valence-electron chi connectivity index (χ0n) is 21.8. The fraction of sp³-hybridized carbons (Fsp3) is 0.276. The van der Waals surface area contributed by atoms with Gasteiger partial charge in [0.15, 0.2) is 11.6 Å². The minimum absolute atomic E-state index is 0.0192. The van der Waals surface area contributed by atoms with Crippen LogP contribution in [0.15, 0.2) is 83.3 Å². The average Bonchev–Trinajstić information content (AvgIpc) is 2.95. The summed E-state index contributed by atoms with van der Waals surface area (Å²) >= 11 is 0. The third-order valence-electron chi connectivity index (χ3n) is 6.42. The van der Waals surface area contributed by atoms with Crippen LogP contribution in [0.1, 0.15) is 19.5 Å². The van der Waals surface area contributed by atoms with E-state index in [4.69, 9.17) is 4.74 Å². The fourth-order valence-corrected chi connectivity index (χ4v) is 4.25. The number of ether oxygens (including phenoxy) is 1. The minimum Gasteiger partial charge on any atom is -0.508 e. The van der Waals surface area contributed by atoms with Crippen LogP contribution >= 0.6 is 0 Å². The predicted molar refractivity (Wildman–Crippen MR) is 148 cm³/mol. The number of nitrogens with zero attached hydrogens (tertiary/aromatic N) is 6. The van der Waals surface area contributed by atoms with Crippen LogP contribution in [0.3, 0.4) is 0 Å². The number of pyridine rings is 1. The van der Waals surface area contributed by atoms with E-state index in [0.717, 1.165) is 34.4 Å². The summed E-state index contributed by atoms with van der Waals surface area (Å²) in [5, 5.41) is 21.3. The first-order chi connectivity index (χ1) is 18.9. The number of rotatable bonds is 8. The highest BCUT2D eigenvalue weighted by atomic mass is 19.1. The second kappa shape index (κ2) is 12.0. The molecule has 1 aliphatic rings. The molecule has 10 heteroatoms. The van der Waals surface area contributed by atoms with E-state index in [0.29, 0.717) is 25.6 Å². The lowest BCUT2D eigenvalue weighted by molar-refractivity contribution is 0.0110. The molecule has 1 saturated heterocycles. The minimum atomic E-state index is -0.489. The van der Waals surface area contributed by atoms with Crippen LogP contribution in [0.25, 0.3) is 11.1 Å². The number of azo groups is 1. The Morgan fingerprint density at radius 3 is 2.62 bits per heavy atom. The fourth-order valence-electron chi connectivity index (χ4n) is 4.25. The van der Waals surface area contributed by atoms with Gasteiger partial charge < -0.3 is 20.1 Å². The third-order valence-corrected chi connectivity index (χ3v) is 6.42. The Bertz CT molecular complexity index is 1430. The number of aromatic hydroxyl groups is 1. The van der Waals surface area contributed by atoms with Crippen molar-refractivity contribution in [2.24, 2.45) is 16.1 Å². The summed E-state index contributed by atoms with van der Waals surface area (Å²) < 4.78 is 20.2. The first-order valence-electron chi connectivity index (χ1n) is 12.8. The molecule has 0 amide bonds. The molecule has 0 radical (unpaired) electrons. The second-order valence-electron chi connectivity index (χ2n) is 9.63. The van der Waals surface area contributed by atoms with Gasteiger partial charge in [-0.2, -0.15) is 10.1 Å². The van der Waals surface area contributed by atoms with Gasteiger partial charge in [0.05, 0.1) is 36.5 Å². The normalized spacial score (nSPS) is 15.7. The largest absolute Gasteiger partial charge is 0.508 e. The summed E-state index contributed by atoms with van der Waals surface area (Å²) in [5.41, 5.74) is 4.43. The molecule has 0 aliphatic carbocycles. The molecule has 2 N–H and O–H groups in total. The lowest BCUT2D eigenvalue weighted by Gasteiger charge is -2.35. The van der Waals surface area contributed by atoms with E-state index >= 15 is 0 Å². The quantitative estimate of drug-likeness (QED) is 0.260. The molecule has 39 heavy (non-hydrogen) atoms. The molecule has 1 aliphatic heterocycles. The number of benzene rings is 2. The maximum absolute atomic E-state index is 14.5. The Balaban J connectivity index is 1.18. The summed E-state index contributed by atoms with van der Waals surface area (Å²) in [6.07, 6.45) is 2.88. The molecule has 4 aromatic rings. The number of aromatic nitrogens is 3. The number of halogens is 1. The molecular weight excluding hydrogens is 497 g/mol. The number of phenolic OH excluding ortho intramolecular Hbond substituents is 1. The SMILES string of the molecule is CC(C)C1CN(c2nc(N=NCc3ccc(Nc4ccc(-c5cccc(O)c5)cc4)cn3)ncc2F)CCO1. The van der Waals surface area contributed by atoms with Crippen LogP contribution in [-0.2, 0) is 11.3 Å². The number of anilines is 3. The van der Waals surface area contributed by atoms with E-state index in [1.807, 2.05) is 53.4 Å². The molecular formula is C29H30FN7O2. The van der Waals surface area contributed by atoms with Gasteiger partial charge in [-0.25, -0.2) is 9.37 Å². The predicted octanol–water partition coefficient (Wildman–Crippen LogP) is 6.27. The summed E-state index contributed by atoms with van der Waals surface area (Å²) in [7, 11) is 0. The van der Waals surface area contributed by atoms with Crippen molar-refractivity contribution in [3.05, 3.63) is 84.6 Å². The molecule has 5 rings (SSSR count). The maximum Gasteiger partial charge on any atom is 0.270 e. The topological polar surface area (TPSA) is 108 Å². The number of morpholine rings is 1. The monoisotopic (exact) mass is 527 g/mol. The lowest BCUT2D eigenvalue weighted by atomic mass is 10.1. The van der Waals surface area contributed by atoms with Gasteiger partial charge >= 0.3 is 0 Å². The Kier molecular flexibility index (Phi) is 8.02. The maximum atomic E-state index is 14.5. The standard InChI is InChI=1S/C29H30FN7O2/c1-19(2)27-18-37(12-13-39-27)28-26(30)17-32-29(35-28)36-33-16-23-10-11-24(15-31-23)34-22-8-6-20(7-9-22)21-4-3-5-25(38)14-21/h3-11,14-15,17,19,27,34,38H,12-13,16,18H2,1-2H3. The van der Waals surface area contributed by atoms with Crippen LogP contribution in [0.2, 0.25) is 0 Å². The zero-order chi connectivity index (χ0) is 27.2. The van der Waals surface area contributed by atoms with Crippen molar-refractivity contribution in [1.29, 1.82) is 0 Å². The highest BCUT2D eigenvalue weighted by molar-refractivity contribution is 5.69. The second-order valence-corrected chi connectivity index (χ2v) is 9.63. The van der Waals surface area contributed by atoms with Gasteiger partial charge in [0.1, 0.15) is 12.3 Å². The first-order valence-corrected chi connectivity index (χ1v) is 12.8. The molecule has 1 atom stereocenters. The van der Waals surface area contributed by atoms with E-state index in [9.17, 15) is 9.50 Å². The van der Waals surface area contributed by atoms with Crippen LogP contribution in [0, 0.1) is 11.7 Å². The van der Waals surface area contributed by atoms with Crippen LogP contribution in [0.5, 0.6) is 5.75 Å². The molecule has 200 valence electrons. The zero-order valence-corrected chi connectivity index (χ0v) is 21.8. The molecule has 0 saturated carbocycles. The van der Waals surface area contributed by atoms with Crippen molar-refractivity contribution in [2.75, 3.05) is 29.9 Å². The molecule has 2 aromatic carbocycles. The van der Waals surface area contributed by atoms with Crippen molar-refractivity contribution < 1.29 is 14.2 Å². The number of hydrogen-bond acceptors (Lipinski definition) is 9. The van der Waals surface area contributed by atoms with E-state index in [2.05, 4.69) is 44.3 Å². The molecule has 2 aromatic heterocycles. The van der Waals surface area contributed by atoms with Gasteiger partial charge in [-0.3, -0.25) is 4.98 Å². The number of hydrogen-bond donors (Lipinski definition) is 2. The highest BCUT2D eigenvalue weighted by Crippen LogP contribution is 2.26. The van der Waals surface area contributed by atoms with Gasteiger partial charge in [0, 0.05) is 18.8 Å². The molecule has 1 fully saturated rings. The van der Waals surface area contributed by atoms with E-state index in [1.165, 1.54) is 0 Å². The average molecular weight is 528 g/mol. The Morgan fingerprint density at radius 1 is 1.05 bits per heavy atom. The summed E-state index contributed by atoms with van der Waals surface area (Å²) in [6.45, 7) is 6.04. The van der Waals surface area contributed by atoms with E-state index in [-0.39, 0.29) is 30.2 Å². The molecule has 1 unspecified atom stereocenters. The van der Waals surface area contributed by atoms with Crippen molar-refractivity contribution in [1.82, 2.24) is 15.0 Å². The lowest BCUT2D eigenvalue weighted by Crippen LogP contribution is -2.45. The number of nitrogens with one attached hydrogen (secondary N) is 1. The first kappa shape index (κ1) is 26.2. The van der Waals surface area contributed by atoms with Gasteiger partial charge in [-0.15, -0.1) is 5.11 Å². The highest BCUT2D eigenvalue weighted by Gasteiger charge is 2.26. The molecule has 0 bridgehead atoms. The van der Waals surface area contributed by atoms with E-state index in [1.54, 1.807) is 18.3 Å². The smallest absolute Gasteiger partial charge is 0.270 e. The van der Waals surface area contributed by atoms with Gasteiger partial charge in [0.2, 0.25) is 0 Å². The summed E-state index contributed by atoms with van der Waals surface area (Å²) in [4.78, 5) is 14.6. The Morgan fingerprint density at radius 2 is 1.87 bits per heavy atom. The molecule has 0 spiro atoms. The van der Waals surface area contributed by atoms with Crippen LogP contribution in [-0.4, -0.2) is 45.9 Å². The van der Waals surface area contributed by atoms with Crippen molar-refractivity contribution in [2.45, 2.75) is 26.5 Å². The van der Waals surface area contributed by atoms with E-state index < -0.39 is 5.82 Å². The van der Waals surface area contributed by atoms with Crippen molar-refractivity contribution in [3.8, 4) is 16.9 Å². The third kappa shape index (κ3) is 6.71. The van der Waals surface area contributed by atoms with Crippen molar-refractivity contribution >= 4 is 23.1 Å². The Labute approximate surface area is 226 Å². The van der Waals surface area contributed by atoms with Gasteiger partial charge in [-0.05, 0) is 53.4 Å². The Hall–Kier alpha value is -4.44. The van der Waals surface area contributed by atoms with Gasteiger partial charge in [-0.1, -0.05) is 38.1 Å². The van der Waals surface area contributed by atoms with Crippen molar-refractivity contribution in [3.63, 3.8) is 0 Å². The van der Waals surface area contributed by atoms with Crippen LogP contribution < -0.4 is 10.2 Å².